The Kier molecular flexibility index (Phi) is 7.64. The molecule has 0 bridgehead atoms. The molecular weight excluding hydrogens is 428 g/mol. The van der Waals surface area contributed by atoms with Gasteiger partial charge in [0, 0.05) is 54.8 Å². The molecule has 1 amide bonds. The maximum Gasteiger partial charge on any atom is 0.222 e. The Bertz CT molecular complexity index is 814. The monoisotopic (exact) mass is 458 g/mol. The first-order valence-electron chi connectivity index (χ1n) is 10.5. The summed E-state index contributed by atoms with van der Waals surface area (Å²) in [5, 5.41) is 0. The summed E-state index contributed by atoms with van der Waals surface area (Å²) in [5.74, 6) is 2.48. The highest BCUT2D eigenvalue weighted by molar-refractivity contribution is 9.10. The number of carbonyl (C=O) groups excluding carboxylic acids is 1. The second kappa shape index (κ2) is 10.2. The van der Waals surface area contributed by atoms with Crippen LogP contribution in [0.3, 0.4) is 0 Å². The Morgan fingerprint density at radius 3 is 2.41 bits per heavy atom. The molecule has 156 valence electrons. The van der Waals surface area contributed by atoms with Gasteiger partial charge in [-0.25, -0.2) is 9.97 Å². The minimum absolute atomic E-state index is 0.280. The summed E-state index contributed by atoms with van der Waals surface area (Å²) in [6, 6.07) is 10.5. The van der Waals surface area contributed by atoms with Crippen LogP contribution in [0.1, 0.15) is 56.1 Å². The van der Waals surface area contributed by atoms with Crippen molar-refractivity contribution < 1.29 is 4.79 Å². The van der Waals surface area contributed by atoms with Crippen LogP contribution in [0.5, 0.6) is 0 Å². The Morgan fingerprint density at radius 2 is 1.76 bits per heavy atom. The molecule has 0 N–H and O–H groups in total. The van der Waals surface area contributed by atoms with Gasteiger partial charge in [0.15, 0.2) is 0 Å². The zero-order valence-corrected chi connectivity index (χ0v) is 19.3. The van der Waals surface area contributed by atoms with E-state index in [4.69, 9.17) is 4.98 Å². The molecule has 0 saturated carbocycles. The molecule has 0 unspecified atom stereocenters. The zero-order chi connectivity index (χ0) is 20.8. The number of anilines is 1. The van der Waals surface area contributed by atoms with Gasteiger partial charge < -0.3 is 9.80 Å². The summed E-state index contributed by atoms with van der Waals surface area (Å²) >= 11 is 3.46. The molecule has 0 radical (unpaired) electrons. The van der Waals surface area contributed by atoms with E-state index in [-0.39, 0.29) is 5.91 Å². The van der Waals surface area contributed by atoms with Crippen molar-refractivity contribution >= 4 is 27.7 Å². The fourth-order valence-corrected chi connectivity index (χ4v) is 3.86. The molecule has 1 aliphatic rings. The van der Waals surface area contributed by atoms with Crippen molar-refractivity contribution in [1.82, 2.24) is 14.9 Å². The molecule has 1 saturated heterocycles. The zero-order valence-electron chi connectivity index (χ0n) is 17.7. The van der Waals surface area contributed by atoms with E-state index in [0.29, 0.717) is 12.3 Å². The second-order valence-electron chi connectivity index (χ2n) is 8.08. The van der Waals surface area contributed by atoms with Crippen molar-refractivity contribution in [2.24, 2.45) is 0 Å². The van der Waals surface area contributed by atoms with Gasteiger partial charge in [0.05, 0.1) is 0 Å². The van der Waals surface area contributed by atoms with Gasteiger partial charge in [-0.05, 0) is 43.9 Å². The van der Waals surface area contributed by atoms with Gasteiger partial charge in [0.25, 0.3) is 0 Å². The highest BCUT2D eigenvalue weighted by Gasteiger charge is 2.22. The Balaban J connectivity index is 1.43. The van der Waals surface area contributed by atoms with Crippen LogP contribution in [0.4, 0.5) is 5.82 Å². The number of amides is 1. The standard InChI is InChI=1S/C23H31BrN4O/c1-17(2)23-25-18(3)16-21(26-23)27-12-14-28(15-13-27)22(29)7-5-4-6-19-8-10-20(24)11-9-19/h8-11,16-17H,4-7,12-15H2,1-3H3. The number of aryl methyl sites for hydroxylation is 2. The smallest absolute Gasteiger partial charge is 0.222 e. The van der Waals surface area contributed by atoms with Crippen molar-refractivity contribution in [2.45, 2.75) is 52.4 Å². The lowest BCUT2D eigenvalue weighted by atomic mass is 10.1. The number of aromatic nitrogens is 2. The minimum atomic E-state index is 0.280. The molecule has 6 heteroatoms. The van der Waals surface area contributed by atoms with Crippen molar-refractivity contribution in [3.05, 3.63) is 51.9 Å². The molecule has 2 aromatic rings. The van der Waals surface area contributed by atoms with Crippen molar-refractivity contribution in [2.75, 3.05) is 31.1 Å². The molecule has 1 aliphatic heterocycles. The fourth-order valence-electron chi connectivity index (χ4n) is 3.59. The van der Waals surface area contributed by atoms with E-state index in [1.807, 2.05) is 17.9 Å². The Hall–Kier alpha value is -1.95. The number of rotatable bonds is 7. The first-order chi connectivity index (χ1) is 13.9. The SMILES string of the molecule is Cc1cc(N2CCN(C(=O)CCCCc3ccc(Br)cc3)CC2)nc(C(C)C)n1. The van der Waals surface area contributed by atoms with Crippen LogP contribution in [-0.2, 0) is 11.2 Å². The predicted octanol–water partition coefficient (Wildman–Crippen LogP) is 4.73. The van der Waals surface area contributed by atoms with Crippen molar-refractivity contribution in [1.29, 1.82) is 0 Å². The van der Waals surface area contributed by atoms with Gasteiger partial charge in [-0.3, -0.25) is 4.79 Å². The third-order valence-electron chi connectivity index (χ3n) is 5.35. The molecule has 3 rings (SSSR count). The number of hydrogen-bond acceptors (Lipinski definition) is 4. The van der Waals surface area contributed by atoms with E-state index in [2.05, 4.69) is 63.9 Å². The second-order valence-corrected chi connectivity index (χ2v) is 9.00. The van der Waals surface area contributed by atoms with Crippen LogP contribution in [0.25, 0.3) is 0 Å². The van der Waals surface area contributed by atoms with Crippen LogP contribution in [0, 0.1) is 6.92 Å². The van der Waals surface area contributed by atoms with Crippen LogP contribution >= 0.6 is 15.9 Å². The lowest BCUT2D eigenvalue weighted by Crippen LogP contribution is -2.49. The largest absolute Gasteiger partial charge is 0.353 e. The van der Waals surface area contributed by atoms with Gasteiger partial charge in [-0.1, -0.05) is 41.9 Å². The third kappa shape index (κ3) is 6.26. The maximum absolute atomic E-state index is 12.6. The highest BCUT2D eigenvalue weighted by Crippen LogP contribution is 2.19. The molecule has 0 spiro atoms. The number of hydrogen-bond donors (Lipinski definition) is 0. The molecule has 0 atom stereocenters. The average molecular weight is 459 g/mol. The third-order valence-corrected chi connectivity index (χ3v) is 5.88. The van der Waals surface area contributed by atoms with Crippen LogP contribution in [0.15, 0.2) is 34.8 Å². The number of carbonyl (C=O) groups is 1. The normalized spacial score (nSPS) is 14.5. The van der Waals surface area contributed by atoms with Gasteiger partial charge in [-0.15, -0.1) is 0 Å². The van der Waals surface area contributed by atoms with E-state index < -0.39 is 0 Å². The van der Waals surface area contributed by atoms with Crippen LogP contribution in [-0.4, -0.2) is 47.0 Å². The van der Waals surface area contributed by atoms with E-state index in [0.717, 1.165) is 67.3 Å². The predicted molar refractivity (Wildman–Crippen MR) is 121 cm³/mol. The molecule has 1 aromatic heterocycles. The molecule has 29 heavy (non-hydrogen) atoms. The number of halogens is 1. The minimum Gasteiger partial charge on any atom is -0.353 e. The van der Waals surface area contributed by atoms with Gasteiger partial charge in [0.1, 0.15) is 11.6 Å². The van der Waals surface area contributed by atoms with Crippen molar-refractivity contribution in [3.8, 4) is 0 Å². The van der Waals surface area contributed by atoms with Gasteiger partial charge in [-0.2, -0.15) is 0 Å². The van der Waals surface area contributed by atoms with E-state index in [1.54, 1.807) is 0 Å². The van der Waals surface area contributed by atoms with Gasteiger partial charge >= 0.3 is 0 Å². The first-order valence-corrected chi connectivity index (χ1v) is 11.3. The lowest BCUT2D eigenvalue weighted by molar-refractivity contribution is -0.131. The van der Waals surface area contributed by atoms with Gasteiger partial charge in [0.2, 0.25) is 5.91 Å². The molecule has 0 aliphatic carbocycles. The average Bonchev–Trinajstić information content (AvgIpc) is 2.72. The number of unbranched alkanes of at least 4 members (excludes halogenated alkanes) is 1. The molecule has 1 fully saturated rings. The maximum atomic E-state index is 12.6. The molecule has 1 aromatic carbocycles. The summed E-state index contributed by atoms with van der Waals surface area (Å²) in [6.07, 6.45) is 3.66. The summed E-state index contributed by atoms with van der Waals surface area (Å²) in [5.41, 5.74) is 2.33. The van der Waals surface area contributed by atoms with Crippen molar-refractivity contribution in [3.63, 3.8) is 0 Å². The quantitative estimate of drug-likeness (QED) is 0.562. The molecular formula is C23H31BrN4O. The van der Waals surface area contributed by atoms with E-state index >= 15 is 0 Å². The van der Waals surface area contributed by atoms with E-state index in [1.165, 1.54) is 5.56 Å². The number of benzene rings is 1. The Labute approximate surface area is 182 Å². The fraction of sp³-hybridized carbons (Fsp3) is 0.522. The molecule has 5 nitrogen and oxygen atoms in total. The van der Waals surface area contributed by atoms with Crippen LogP contribution in [0.2, 0.25) is 0 Å². The topological polar surface area (TPSA) is 49.3 Å². The van der Waals surface area contributed by atoms with Crippen LogP contribution < -0.4 is 4.90 Å². The summed E-state index contributed by atoms with van der Waals surface area (Å²) in [7, 11) is 0. The Morgan fingerprint density at radius 1 is 1.07 bits per heavy atom. The lowest BCUT2D eigenvalue weighted by Gasteiger charge is -2.35. The summed E-state index contributed by atoms with van der Waals surface area (Å²) in [6.45, 7) is 9.46. The molecule has 2 heterocycles. The summed E-state index contributed by atoms with van der Waals surface area (Å²) in [4.78, 5) is 26.1. The number of nitrogens with zero attached hydrogens (tertiary/aromatic N) is 4. The number of piperazine rings is 1. The summed E-state index contributed by atoms with van der Waals surface area (Å²) < 4.78 is 1.10. The van der Waals surface area contributed by atoms with E-state index in [9.17, 15) is 4.79 Å². The first kappa shape index (κ1) is 21.8. The highest BCUT2D eigenvalue weighted by atomic mass is 79.9.